The van der Waals surface area contributed by atoms with Gasteiger partial charge in [-0.3, -0.25) is 14.5 Å². The van der Waals surface area contributed by atoms with Gasteiger partial charge in [-0.2, -0.15) is 0 Å². The predicted molar refractivity (Wildman–Crippen MR) is 86.9 cm³/mol. The smallest absolute Gasteiger partial charge is 0.277 e. The third-order valence-electron chi connectivity index (χ3n) is 3.97. The summed E-state index contributed by atoms with van der Waals surface area (Å²) in [6.07, 6.45) is 0. The molecule has 0 saturated carbocycles. The van der Waals surface area contributed by atoms with Crippen molar-refractivity contribution in [3.8, 4) is 0 Å². The van der Waals surface area contributed by atoms with Crippen molar-refractivity contribution < 1.29 is 9.59 Å². The number of amides is 2. The van der Waals surface area contributed by atoms with Crippen molar-refractivity contribution >= 4 is 17.4 Å². The number of nitrogens with one attached hydrogen (secondary N) is 1. The van der Waals surface area contributed by atoms with Crippen LogP contribution in [0.4, 0.5) is 0 Å². The van der Waals surface area contributed by atoms with Crippen LogP contribution in [-0.4, -0.2) is 54.8 Å². The average molecular weight is 301 g/mol. The molecule has 5 nitrogen and oxygen atoms in total. The van der Waals surface area contributed by atoms with E-state index in [1.54, 1.807) is 0 Å². The van der Waals surface area contributed by atoms with Gasteiger partial charge in [-0.15, -0.1) is 0 Å². The third-order valence-corrected chi connectivity index (χ3v) is 3.97. The van der Waals surface area contributed by atoms with Gasteiger partial charge in [0.05, 0.1) is 5.57 Å². The summed E-state index contributed by atoms with van der Waals surface area (Å²) >= 11 is 0. The van der Waals surface area contributed by atoms with E-state index in [1.165, 1.54) is 11.9 Å². The molecule has 2 amide bonds. The molecular formula is C17H23N3O2. The fourth-order valence-electron chi connectivity index (χ4n) is 2.56. The number of benzene rings is 1. The summed E-state index contributed by atoms with van der Waals surface area (Å²) in [6.45, 7) is 7.63. The number of carbonyl (C=O) groups is 2. The van der Waals surface area contributed by atoms with E-state index in [4.69, 9.17) is 0 Å². The first-order chi connectivity index (χ1) is 10.6. The molecule has 1 aromatic carbocycles. The number of imide groups is 1. The number of likely N-dealkylation sites (N-methyl/N-ethyl adjacent to an activating group) is 2. The molecule has 2 rings (SSSR count). The van der Waals surface area contributed by atoms with Crippen LogP contribution in [0.25, 0.3) is 5.57 Å². The molecule has 1 heterocycles. The Bertz CT molecular complexity index is 577. The Morgan fingerprint density at radius 1 is 1.05 bits per heavy atom. The normalized spacial score (nSPS) is 15.2. The molecule has 0 atom stereocenters. The number of nitrogens with zero attached hydrogens (tertiary/aromatic N) is 2. The number of hydrogen-bond donors (Lipinski definition) is 1. The van der Waals surface area contributed by atoms with E-state index >= 15 is 0 Å². The van der Waals surface area contributed by atoms with Crippen LogP contribution in [0.3, 0.4) is 0 Å². The zero-order valence-electron chi connectivity index (χ0n) is 13.4. The second-order valence-electron chi connectivity index (χ2n) is 5.24. The van der Waals surface area contributed by atoms with Crippen molar-refractivity contribution in [1.82, 2.24) is 15.1 Å². The first-order valence-corrected chi connectivity index (χ1v) is 7.68. The van der Waals surface area contributed by atoms with Gasteiger partial charge in [0.15, 0.2) is 0 Å². The van der Waals surface area contributed by atoms with E-state index in [-0.39, 0.29) is 11.8 Å². The van der Waals surface area contributed by atoms with Crippen LogP contribution in [0, 0.1) is 0 Å². The molecule has 5 heteroatoms. The topological polar surface area (TPSA) is 52.7 Å². The molecule has 1 N–H and O–H groups in total. The van der Waals surface area contributed by atoms with Crippen LogP contribution in [0.1, 0.15) is 19.4 Å². The van der Waals surface area contributed by atoms with Crippen molar-refractivity contribution in [2.45, 2.75) is 13.8 Å². The molecule has 1 aromatic rings. The molecule has 0 bridgehead atoms. The Hall–Kier alpha value is -2.14. The lowest BCUT2D eigenvalue weighted by Crippen LogP contribution is -2.34. The van der Waals surface area contributed by atoms with Crippen LogP contribution >= 0.6 is 0 Å². The Balaban J connectivity index is 2.21. The quantitative estimate of drug-likeness (QED) is 0.772. The van der Waals surface area contributed by atoms with Crippen molar-refractivity contribution in [3.05, 3.63) is 41.6 Å². The minimum absolute atomic E-state index is 0.249. The summed E-state index contributed by atoms with van der Waals surface area (Å²) in [6, 6.07) is 9.33. The summed E-state index contributed by atoms with van der Waals surface area (Å²) in [4.78, 5) is 28.1. The molecule has 0 fully saturated rings. The highest BCUT2D eigenvalue weighted by Crippen LogP contribution is 2.26. The fourth-order valence-corrected chi connectivity index (χ4v) is 2.56. The standard InChI is InChI=1S/C17H23N3O2/c1-4-20(5-2)12-11-18-15-14(13-9-7-6-8-10-13)16(21)19(3)17(15)22/h6-10,18H,4-5,11-12H2,1-3H3. The minimum Gasteiger partial charge on any atom is -0.379 e. The zero-order valence-corrected chi connectivity index (χ0v) is 13.4. The van der Waals surface area contributed by atoms with Gasteiger partial charge in [-0.05, 0) is 18.7 Å². The number of carbonyl (C=O) groups excluding carboxylic acids is 2. The van der Waals surface area contributed by atoms with Crippen LogP contribution in [0.2, 0.25) is 0 Å². The van der Waals surface area contributed by atoms with Gasteiger partial charge in [0.2, 0.25) is 0 Å². The zero-order chi connectivity index (χ0) is 16.1. The molecule has 0 saturated heterocycles. The number of hydrogen-bond acceptors (Lipinski definition) is 4. The summed E-state index contributed by atoms with van der Waals surface area (Å²) in [5, 5.41) is 3.17. The maximum atomic E-state index is 12.3. The van der Waals surface area contributed by atoms with Crippen LogP contribution in [0.5, 0.6) is 0 Å². The maximum Gasteiger partial charge on any atom is 0.277 e. The van der Waals surface area contributed by atoms with Crippen molar-refractivity contribution in [2.75, 3.05) is 33.2 Å². The molecule has 0 spiro atoms. The highest BCUT2D eigenvalue weighted by molar-refractivity contribution is 6.35. The average Bonchev–Trinajstić information content (AvgIpc) is 2.76. The Labute approximate surface area is 131 Å². The Morgan fingerprint density at radius 2 is 1.68 bits per heavy atom. The second-order valence-corrected chi connectivity index (χ2v) is 5.24. The van der Waals surface area contributed by atoms with Crippen molar-refractivity contribution in [1.29, 1.82) is 0 Å². The Morgan fingerprint density at radius 3 is 2.27 bits per heavy atom. The van der Waals surface area contributed by atoms with Crippen LogP contribution < -0.4 is 5.32 Å². The number of rotatable bonds is 7. The van der Waals surface area contributed by atoms with E-state index in [9.17, 15) is 9.59 Å². The highest BCUT2D eigenvalue weighted by Gasteiger charge is 2.36. The molecular weight excluding hydrogens is 278 g/mol. The van der Waals surface area contributed by atoms with E-state index in [0.717, 1.165) is 25.2 Å². The third kappa shape index (κ3) is 3.20. The highest BCUT2D eigenvalue weighted by atomic mass is 16.2. The molecule has 0 aromatic heterocycles. The largest absolute Gasteiger partial charge is 0.379 e. The van der Waals surface area contributed by atoms with E-state index in [0.29, 0.717) is 17.8 Å². The first-order valence-electron chi connectivity index (χ1n) is 7.68. The van der Waals surface area contributed by atoms with Gasteiger partial charge in [0, 0.05) is 20.1 Å². The molecule has 0 radical (unpaired) electrons. The molecule has 1 aliphatic heterocycles. The van der Waals surface area contributed by atoms with Gasteiger partial charge >= 0.3 is 0 Å². The van der Waals surface area contributed by atoms with Crippen LogP contribution in [-0.2, 0) is 9.59 Å². The van der Waals surface area contributed by atoms with Gasteiger partial charge in [0.1, 0.15) is 5.70 Å². The summed E-state index contributed by atoms with van der Waals surface area (Å²) in [5.74, 6) is -0.509. The fraction of sp³-hybridized carbons (Fsp3) is 0.412. The van der Waals surface area contributed by atoms with E-state index < -0.39 is 0 Å². The van der Waals surface area contributed by atoms with Gasteiger partial charge < -0.3 is 10.2 Å². The summed E-state index contributed by atoms with van der Waals surface area (Å²) in [5.41, 5.74) is 1.65. The lowest BCUT2D eigenvalue weighted by atomic mass is 10.1. The molecule has 0 aliphatic carbocycles. The van der Waals surface area contributed by atoms with Crippen LogP contribution in [0.15, 0.2) is 36.0 Å². The molecule has 0 unspecified atom stereocenters. The van der Waals surface area contributed by atoms with Gasteiger partial charge in [-0.25, -0.2) is 0 Å². The first kappa shape index (κ1) is 16.2. The molecule has 118 valence electrons. The maximum absolute atomic E-state index is 12.3. The van der Waals surface area contributed by atoms with Gasteiger partial charge in [-0.1, -0.05) is 44.2 Å². The van der Waals surface area contributed by atoms with E-state index in [2.05, 4.69) is 24.1 Å². The molecule has 1 aliphatic rings. The summed E-state index contributed by atoms with van der Waals surface area (Å²) < 4.78 is 0. The summed E-state index contributed by atoms with van der Waals surface area (Å²) in [7, 11) is 1.52. The van der Waals surface area contributed by atoms with E-state index in [1.807, 2.05) is 30.3 Å². The SMILES string of the molecule is CCN(CC)CCNC1=C(c2ccccc2)C(=O)N(C)C1=O. The van der Waals surface area contributed by atoms with Gasteiger partial charge in [0.25, 0.3) is 11.8 Å². The lowest BCUT2D eigenvalue weighted by molar-refractivity contribution is -0.135. The van der Waals surface area contributed by atoms with Crippen molar-refractivity contribution in [3.63, 3.8) is 0 Å². The monoisotopic (exact) mass is 301 g/mol. The second kappa shape index (κ2) is 7.22. The Kier molecular flexibility index (Phi) is 5.33. The predicted octanol–water partition coefficient (Wildman–Crippen LogP) is 1.33. The minimum atomic E-state index is -0.261. The lowest BCUT2D eigenvalue weighted by Gasteiger charge is -2.18. The van der Waals surface area contributed by atoms with Crippen molar-refractivity contribution in [2.24, 2.45) is 0 Å². The molecule has 22 heavy (non-hydrogen) atoms.